The van der Waals surface area contributed by atoms with Crippen molar-refractivity contribution in [2.45, 2.75) is 12.5 Å². The van der Waals surface area contributed by atoms with Gasteiger partial charge in [0.25, 0.3) is 0 Å². The molecule has 1 atom stereocenters. The molecule has 0 radical (unpaired) electrons. The number of nitrogens with zero attached hydrogens (tertiary/aromatic N) is 3. The molecule has 2 heterocycles. The van der Waals surface area contributed by atoms with Gasteiger partial charge in [-0.2, -0.15) is 5.26 Å². The molecule has 0 aromatic carbocycles. The minimum Gasteiger partial charge on any atom is -0.486 e. The van der Waals surface area contributed by atoms with E-state index >= 15 is 0 Å². The van der Waals surface area contributed by atoms with Crippen molar-refractivity contribution >= 4 is 23.9 Å². The third-order valence-electron chi connectivity index (χ3n) is 3.28. The molecule has 1 saturated heterocycles. The molecule has 1 fully saturated rings. The maximum Gasteiger partial charge on any atom is 0.328 e. The van der Waals surface area contributed by atoms with Gasteiger partial charge in [0.2, 0.25) is 0 Å². The number of hydrogen-bond donors (Lipinski definition) is 4. The van der Waals surface area contributed by atoms with Crippen LogP contribution in [-0.2, 0) is 19.2 Å². The molecule has 1 aromatic heterocycles. The molecule has 0 aliphatic carbocycles. The number of carbonyl (C=O) groups is 4. The summed E-state index contributed by atoms with van der Waals surface area (Å²) < 4.78 is 5.74. The Balaban J connectivity index is 0.000000483. The molecule has 1 aliphatic heterocycles. The first kappa shape index (κ1) is 26.8. The predicted molar refractivity (Wildman–Crippen MR) is 104 cm³/mol. The van der Waals surface area contributed by atoms with Crippen molar-refractivity contribution < 1.29 is 44.3 Å². The highest BCUT2D eigenvalue weighted by atomic mass is 16.5. The number of pyridine rings is 1. The van der Waals surface area contributed by atoms with Gasteiger partial charge in [-0.25, -0.2) is 19.2 Å². The van der Waals surface area contributed by atoms with E-state index in [1.165, 1.54) is 0 Å². The first-order chi connectivity index (χ1) is 14.5. The van der Waals surface area contributed by atoms with Crippen LogP contribution < -0.4 is 4.74 Å². The number of ether oxygens (including phenoxy) is 1. The van der Waals surface area contributed by atoms with Crippen LogP contribution in [0.15, 0.2) is 42.8 Å². The predicted octanol–water partition coefficient (Wildman–Crippen LogP) is 0.460. The quantitative estimate of drug-likeness (QED) is 0.451. The third-order valence-corrected chi connectivity index (χ3v) is 3.28. The summed E-state index contributed by atoms with van der Waals surface area (Å²) in [4.78, 5) is 44.4. The van der Waals surface area contributed by atoms with Crippen molar-refractivity contribution in [3.63, 3.8) is 0 Å². The van der Waals surface area contributed by atoms with E-state index in [4.69, 9.17) is 30.4 Å². The molecule has 12 heteroatoms. The lowest BCUT2D eigenvalue weighted by Gasteiger charge is -2.13. The number of carboxylic acids is 4. The molecule has 1 aliphatic rings. The Morgan fingerprint density at radius 2 is 1.55 bits per heavy atom. The van der Waals surface area contributed by atoms with Gasteiger partial charge < -0.3 is 30.1 Å². The molecule has 0 amide bonds. The number of rotatable bonds is 6. The molecule has 4 N–H and O–H groups in total. The van der Waals surface area contributed by atoms with Gasteiger partial charge in [-0.15, -0.1) is 0 Å². The third kappa shape index (κ3) is 14.4. The van der Waals surface area contributed by atoms with E-state index in [0.29, 0.717) is 35.6 Å². The normalized spacial score (nSPS) is 15.2. The first-order valence-corrected chi connectivity index (χ1v) is 8.52. The maximum absolute atomic E-state index is 9.55. The van der Waals surface area contributed by atoms with E-state index < -0.39 is 23.9 Å². The Bertz CT molecular complexity index is 809. The Morgan fingerprint density at radius 1 is 1.06 bits per heavy atom. The second-order valence-corrected chi connectivity index (χ2v) is 5.79. The Hall–Kier alpha value is -4.24. The van der Waals surface area contributed by atoms with Crippen molar-refractivity contribution in [2.24, 2.45) is 0 Å². The van der Waals surface area contributed by atoms with Crippen molar-refractivity contribution in [1.82, 2.24) is 9.88 Å². The monoisotopic (exact) mass is 435 g/mol. The minimum absolute atomic E-state index is 0.186. The summed E-state index contributed by atoms with van der Waals surface area (Å²) in [5.74, 6) is -4.43. The van der Waals surface area contributed by atoms with E-state index in [2.05, 4.69) is 23.0 Å². The van der Waals surface area contributed by atoms with Crippen LogP contribution in [0.2, 0.25) is 0 Å². The largest absolute Gasteiger partial charge is 0.486 e. The molecule has 12 nitrogen and oxygen atoms in total. The SMILES string of the molecule is CN1CCC(Oc2cnccc2C#N)C1.O=C(O)/C=C/C(=O)O.O=C(O)/C=C/C(=O)O. The number of likely N-dealkylation sites (N-methyl/N-ethyl adjacent to an activating group) is 1. The molecular weight excluding hydrogens is 414 g/mol. The fourth-order valence-corrected chi connectivity index (χ4v) is 2.02. The van der Waals surface area contributed by atoms with E-state index in [1.807, 2.05) is 0 Å². The zero-order chi connectivity index (χ0) is 23.8. The summed E-state index contributed by atoms with van der Waals surface area (Å²) >= 11 is 0. The van der Waals surface area contributed by atoms with Gasteiger partial charge in [-0.3, -0.25) is 4.98 Å². The second-order valence-electron chi connectivity index (χ2n) is 5.79. The zero-order valence-electron chi connectivity index (χ0n) is 16.4. The number of aliphatic carboxylic acids is 4. The molecule has 0 spiro atoms. The van der Waals surface area contributed by atoms with Crippen LogP contribution in [0.3, 0.4) is 0 Å². The van der Waals surface area contributed by atoms with Crippen LogP contribution in [0.1, 0.15) is 12.0 Å². The van der Waals surface area contributed by atoms with E-state index in [9.17, 15) is 19.2 Å². The summed E-state index contributed by atoms with van der Waals surface area (Å²) in [6, 6.07) is 3.78. The molecule has 31 heavy (non-hydrogen) atoms. The molecule has 166 valence electrons. The van der Waals surface area contributed by atoms with Crippen LogP contribution in [0.4, 0.5) is 0 Å². The Kier molecular flexibility index (Phi) is 12.7. The average Bonchev–Trinajstić information content (AvgIpc) is 3.11. The first-order valence-electron chi connectivity index (χ1n) is 8.52. The lowest BCUT2D eigenvalue weighted by Crippen LogP contribution is -2.21. The molecule has 0 bridgehead atoms. The summed E-state index contributed by atoms with van der Waals surface area (Å²) in [6.45, 7) is 1.96. The highest BCUT2D eigenvalue weighted by molar-refractivity contribution is 5.90. The smallest absolute Gasteiger partial charge is 0.328 e. The topological polar surface area (TPSA) is 198 Å². The fourth-order valence-electron chi connectivity index (χ4n) is 2.02. The van der Waals surface area contributed by atoms with Gasteiger partial charge >= 0.3 is 23.9 Å². The van der Waals surface area contributed by atoms with Crippen LogP contribution in [0.5, 0.6) is 5.75 Å². The van der Waals surface area contributed by atoms with Crippen molar-refractivity contribution in [2.75, 3.05) is 20.1 Å². The Labute approximate surface area is 176 Å². The van der Waals surface area contributed by atoms with Gasteiger partial charge in [0, 0.05) is 43.6 Å². The van der Waals surface area contributed by atoms with E-state index in [1.54, 1.807) is 18.5 Å². The lowest BCUT2D eigenvalue weighted by molar-refractivity contribution is -0.134. The van der Waals surface area contributed by atoms with Gasteiger partial charge in [0.15, 0.2) is 5.75 Å². The maximum atomic E-state index is 9.55. The van der Waals surface area contributed by atoms with Gasteiger partial charge in [0.05, 0.1) is 11.8 Å². The number of likely N-dealkylation sites (tertiary alicyclic amines) is 1. The van der Waals surface area contributed by atoms with Crippen LogP contribution in [-0.4, -0.2) is 80.4 Å². The minimum atomic E-state index is -1.26. The second kappa shape index (κ2) is 14.7. The van der Waals surface area contributed by atoms with Crippen LogP contribution in [0, 0.1) is 11.3 Å². The summed E-state index contributed by atoms with van der Waals surface area (Å²) in [5, 5.41) is 40.1. The van der Waals surface area contributed by atoms with Gasteiger partial charge in [-0.1, -0.05) is 0 Å². The average molecular weight is 435 g/mol. The summed E-state index contributed by atoms with van der Waals surface area (Å²) in [5.41, 5.74) is 0.555. The van der Waals surface area contributed by atoms with E-state index in [0.717, 1.165) is 19.5 Å². The molecular formula is C19H21N3O9. The van der Waals surface area contributed by atoms with Gasteiger partial charge in [0.1, 0.15) is 12.2 Å². The molecule has 1 unspecified atom stereocenters. The number of aromatic nitrogens is 1. The summed E-state index contributed by atoms with van der Waals surface area (Å²) in [7, 11) is 2.07. The summed E-state index contributed by atoms with van der Waals surface area (Å²) in [6.07, 6.45) is 6.64. The Morgan fingerprint density at radius 3 is 1.90 bits per heavy atom. The van der Waals surface area contributed by atoms with Crippen LogP contribution in [0.25, 0.3) is 0 Å². The lowest BCUT2D eigenvalue weighted by atomic mass is 10.2. The zero-order valence-corrected chi connectivity index (χ0v) is 16.4. The highest BCUT2D eigenvalue weighted by Crippen LogP contribution is 2.20. The molecule has 2 rings (SSSR count). The highest BCUT2D eigenvalue weighted by Gasteiger charge is 2.21. The standard InChI is InChI=1S/C11H13N3O.2C4H4O4/c1-14-5-3-10(8-14)15-11-7-13-4-2-9(11)6-12;2*5-3(6)1-2-4(7)8/h2,4,7,10H,3,5,8H2,1H3;2*1-2H,(H,5,6)(H,7,8)/b;2*2-1+. The van der Waals surface area contributed by atoms with Crippen molar-refractivity contribution in [3.8, 4) is 11.8 Å². The van der Waals surface area contributed by atoms with Gasteiger partial charge in [-0.05, 0) is 19.5 Å². The molecule has 0 saturated carbocycles. The van der Waals surface area contributed by atoms with Crippen molar-refractivity contribution in [1.29, 1.82) is 5.26 Å². The number of nitriles is 1. The van der Waals surface area contributed by atoms with Crippen molar-refractivity contribution in [3.05, 3.63) is 48.3 Å². The molecule has 1 aromatic rings. The van der Waals surface area contributed by atoms with Crippen LogP contribution >= 0.6 is 0 Å². The fraction of sp³-hybridized carbons (Fsp3) is 0.263. The number of hydrogen-bond acceptors (Lipinski definition) is 8. The van der Waals surface area contributed by atoms with E-state index in [-0.39, 0.29) is 6.10 Å². The number of carboxylic acid groups (broad SMARTS) is 4.